The molecule has 1 saturated heterocycles. The van der Waals surface area contributed by atoms with Gasteiger partial charge >= 0.3 is 0 Å². The molecular weight excluding hydrogens is 395 g/mol. The zero-order valence-corrected chi connectivity index (χ0v) is 18.0. The monoisotopic (exact) mass is 424 g/mol. The second-order valence-corrected chi connectivity index (χ2v) is 7.76. The van der Waals surface area contributed by atoms with E-state index < -0.39 is 0 Å². The number of pyridine rings is 1. The van der Waals surface area contributed by atoms with Gasteiger partial charge in [0.05, 0.1) is 12.7 Å². The van der Waals surface area contributed by atoms with Crippen LogP contribution in [-0.2, 0) is 17.7 Å². The van der Waals surface area contributed by atoms with E-state index in [-0.39, 0.29) is 11.9 Å². The number of guanidine groups is 1. The van der Waals surface area contributed by atoms with Crippen LogP contribution >= 0.6 is 0 Å². The molecule has 0 aliphatic carbocycles. The molecule has 164 valence electrons. The largest absolute Gasteiger partial charge is 0.375 e. The highest BCUT2D eigenvalue weighted by atomic mass is 19.1. The lowest BCUT2D eigenvalue weighted by Crippen LogP contribution is -2.41. The Morgan fingerprint density at radius 3 is 3.00 bits per heavy atom. The maximum Gasteiger partial charge on any atom is 0.191 e. The van der Waals surface area contributed by atoms with Gasteiger partial charge in [-0.15, -0.1) is 0 Å². The topological polar surface area (TPSA) is 77.6 Å². The zero-order valence-electron chi connectivity index (χ0n) is 18.0. The molecule has 1 unspecified atom stereocenters. The fourth-order valence-corrected chi connectivity index (χ4v) is 3.81. The number of fused-ring (bicyclic) bond motifs is 1. The lowest BCUT2D eigenvalue weighted by atomic mass is 10.1. The number of benzene rings is 1. The molecule has 3 heterocycles. The molecule has 8 heteroatoms. The predicted molar refractivity (Wildman–Crippen MR) is 122 cm³/mol. The van der Waals surface area contributed by atoms with E-state index in [0.29, 0.717) is 13.1 Å². The average molecular weight is 425 g/mol. The summed E-state index contributed by atoms with van der Waals surface area (Å²) in [7, 11) is 1.75. The maximum absolute atomic E-state index is 13.5. The van der Waals surface area contributed by atoms with Crippen LogP contribution in [0.25, 0.3) is 10.9 Å². The third kappa shape index (κ3) is 5.32. The number of nitrogens with one attached hydrogen (secondary N) is 3. The molecule has 1 aliphatic heterocycles. The van der Waals surface area contributed by atoms with Crippen molar-refractivity contribution >= 4 is 22.7 Å². The first kappa shape index (κ1) is 21.1. The Hall–Kier alpha value is -3.13. The van der Waals surface area contributed by atoms with Gasteiger partial charge in [-0.25, -0.2) is 9.37 Å². The van der Waals surface area contributed by atoms with E-state index in [2.05, 4.69) is 49.6 Å². The van der Waals surface area contributed by atoms with Crippen LogP contribution in [0, 0.1) is 5.82 Å². The van der Waals surface area contributed by atoms with Gasteiger partial charge < -0.3 is 25.3 Å². The quantitative estimate of drug-likeness (QED) is 0.419. The number of morpholine rings is 1. The minimum absolute atomic E-state index is 0.221. The van der Waals surface area contributed by atoms with E-state index in [4.69, 9.17) is 4.74 Å². The van der Waals surface area contributed by atoms with E-state index in [0.717, 1.165) is 59.9 Å². The molecule has 4 rings (SSSR count). The Bertz CT molecular complexity index is 1030. The third-order valence-electron chi connectivity index (χ3n) is 5.47. The lowest BCUT2D eigenvalue weighted by Gasteiger charge is -2.32. The van der Waals surface area contributed by atoms with Crippen LogP contribution in [0.1, 0.15) is 18.1 Å². The van der Waals surface area contributed by atoms with Crippen LogP contribution < -0.4 is 15.5 Å². The highest BCUT2D eigenvalue weighted by Crippen LogP contribution is 2.19. The summed E-state index contributed by atoms with van der Waals surface area (Å²) in [4.78, 5) is 14.3. The summed E-state index contributed by atoms with van der Waals surface area (Å²) in [6.45, 7) is 5.88. The van der Waals surface area contributed by atoms with E-state index in [1.54, 1.807) is 19.2 Å². The van der Waals surface area contributed by atoms with Crippen molar-refractivity contribution < 1.29 is 9.13 Å². The van der Waals surface area contributed by atoms with Gasteiger partial charge in [0.2, 0.25) is 0 Å². The summed E-state index contributed by atoms with van der Waals surface area (Å²) in [5, 5.41) is 7.55. The van der Waals surface area contributed by atoms with Crippen molar-refractivity contribution in [2.45, 2.75) is 26.0 Å². The van der Waals surface area contributed by atoms with E-state index >= 15 is 0 Å². The molecule has 0 bridgehead atoms. The van der Waals surface area contributed by atoms with Gasteiger partial charge in [-0.05, 0) is 48.7 Å². The van der Waals surface area contributed by atoms with Crippen LogP contribution in [0.4, 0.5) is 10.2 Å². The summed E-state index contributed by atoms with van der Waals surface area (Å²) in [6.07, 6.45) is 4.83. The summed E-state index contributed by atoms with van der Waals surface area (Å²) < 4.78 is 19.1. The zero-order chi connectivity index (χ0) is 21.6. The SMILES string of the molecule is CN=C(NCCc1c[nH]c2ccc(F)cc12)NCc1ccc(N2CCOC(C)C2)nc1. The molecule has 1 aliphatic rings. The number of aliphatic imine (C=N–C) groups is 1. The van der Waals surface area contributed by atoms with Crippen molar-refractivity contribution in [3.05, 3.63) is 59.7 Å². The Balaban J connectivity index is 1.26. The minimum Gasteiger partial charge on any atom is -0.375 e. The van der Waals surface area contributed by atoms with Gasteiger partial charge in [-0.2, -0.15) is 0 Å². The molecule has 0 amide bonds. The Morgan fingerprint density at radius 1 is 1.32 bits per heavy atom. The first-order chi connectivity index (χ1) is 15.1. The van der Waals surface area contributed by atoms with Crippen LogP contribution in [0.5, 0.6) is 0 Å². The number of rotatable bonds is 6. The smallest absolute Gasteiger partial charge is 0.191 e. The number of anilines is 1. The van der Waals surface area contributed by atoms with Gasteiger partial charge in [0.1, 0.15) is 11.6 Å². The highest BCUT2D eigenvalue weighted by Gasteiger charge is 2.17. The number of aromatic nitrogens is 2. The minimum atomic E-state index is -0.221. The Kier molecular flexibility index (Phi) is 6.66. The normalized spacial score (nSPS) is 17.2. The van der Waals surface area contributed by atoms with Crippen LogP contribution in [-0.4, -0.2) is 55.3 Å². The molecule has 31 heavy (non-hydrogen) atoms. The molecule has 3 aromatic rings. The first-order valence-electron chi connectivity index (χ1n) is 10.6. The number of H-pyrrole nitrogens is 1. The number of ether oxygens (including phenoxy) is 1. The summed E-state index contributed by atoms with van der Waals surface area (Å²) in [5.74, 6) is 1.48. The molecule has 0 saturated carbocycles. The number of hydrogen-bond acceptors (Lipinski definition) is 4. The van der Waals surface area contributed by atoms with Crippen molar-refractivity contribution in [1.82, 2.24) is 20.6 Å². The van der Waals surface area contributed by atoms with Gasteiger partial charge in [-0.1, -0.05) is 6.07 Å². The molecule has 7 nitrogen and oxygen atoms in total. The number of aromatic amines is 1. The maximum atomic E-state index is 13.5. The van der Waals surface area contributed by atoms with E-state index in [1.165, 1.54) is 6.07 Å². The van der Waals surface area contributed by atoms with Crippen molar-refractivity contribution in [3.8, 4) is 0 Å². The number of nitrogens with zero attached hydrogens (tertiary/aromatic N) is 3. The van der Waals surface area contributed by atoms with Crippen molar-refractivity contribution in [3.63, 3.8) is 0 Å². The van der Waals surface area contributed by atoms with E-state index in [9.17, 15) is 4.39 Å². The van der Waals surface area contributed by atoms with Crippen molar-refractivity contribution in [2.24, 2.45) is 4.99 Å². The van der Waals surface area contributed by atoms with Crippen molar-refractivity contribution in [2.75, 3.05) is 38.2 Å². The fourth-order valence-electron chi connectivity index (χ4n) is 3.81. The average Bonchev–Trinajstić information content (AvgIpc) is 3.18. The van der Waals surface area contributed by atoms with Crippen LogP contribution in [0.15, 0.2) is 47.7 Å². The van der Waals surface area contributed by atoms with Gasteiger partial charge in [0.25, 0.3) is 0 Å². The van der Waals surface area contributed by atoms with Crippen LogP contribution in [0.2, 0.25) is 0 Å². The summed E-state index contributed by atoms with van der Waals surface area (Å²) >= 11 is 0. The standard InChI is InChI=1S/C23H29FN6O/c1-16-15-30(9-10-31-16)22-6-3-17(12-28-22)13-29-23(25-2)26-8-7-18-14-27-21-5-4-19(24)11-20(18)21/h3-6,11-12,14,16,27H,7-10,13,15H2,1-2H3,(H2,25,26,29). The molecular formula is C23H29FN6O. The second kappa shape index (κ2) is 9.78. The molecule has 0 radical (unpaired) electrons. The Labute approximate surface area is 181 Å². The number of halogens is 1. The predicted octanol–water partition coefficient (Wildman–Crippen LogP) is 2.83. The molecule has 1 aromatic carbocycles. The van der Waals surface area contributed by atoms with Gasteiger partial charge in [-0.3, -0.25) is 4.99 Å². The van der Waals surface area contributed by atoms with Gasteiger partial charge in [0.15, 0.2) is 5.96 Å². The third-order valence-corrected chi connectivity index (χ3v) is 5.47. The van der Waals surface area contributed by atoms with Crippen LogP contribution in [0.3, 0.4) is 0 Å². The summed E-state index contributed by atoms with van der Waals surface area (Å²) in [5.41, 5.74) is 3.11. The van der Waals surface area contributed by atoms with Gasteiger partial charge in [0, 0.05) is 56.5 Å². The summed E-state index contributed by atoms with van der Waals surface area (Å²) in [6, 6.07) is 8.95. The fraction of sp³-hybridized carbons (Fsp3) is 0.391. The molecule has 2 aromatic heterocycles. The first-order valence-corrected chi connectivity index (χ1v) is 10.6. The van der Waals surface area contributed by atoms with Crippen molar-refractivity contribution in [1.29, 1.82) is 0 Å². The molecule has 1 atom stereocenters. The molecule has 3 N–H and O–H groups in total. The highest BCUT2D eigenvalue weighted by molar-refractivity contribution is 5.83. The lowest BCUT2D eigenvalue weighted by molar-refractivity contribution is 0.0529. The molecule has 1 fully saturated rings. The Morgan fingerprint density at radius 2 is 2.23 bits per heavy atom. The second-order valence-electron chi connectivity index (χ2n) is 7.76. The molecule has 0 spiro atoms. The van der Waals surface area contributed by atoms with E-state index in [1.807, 2.05) is 12.4 Å². The number of hydrogen-bond donors (Lipinski definition) is 3.